The van der Waals surface area contributed by atoms with Gasteiger partial charge in [-0.25, -0.2) is 0 Å². The lowest BCUT2D eigenvalue weighted by atomic mass is 10.2. The van der Waals surface area contributed by atoms with Gasteiger partial charge in [0, 0.05) is 21.2 Å². The number of benzene rings is 3. The van der Waals surface area contributed by atoms with Crippen LogP contribution < -0.4 is 15.4 Å². The van der Waals surface area contributed by atoms with Gasteiger partial charge in [0.25, 0.3) is 5.91 Å². The van der Waals surface area contributed by atoms with Crippen LogP contribution in [0.4, 0.5) is 11.4 Å². The molecule has 1 unspecified atom stereocenters. The summed E-state index contributed by atoms with van der Waals surface area (Å²) in [5, 5.41) is 6.05. The highest BCUT2D eigenvalue weighted by Crippen LogP contribution is 2.30. The van der Waals surface area contributed by atoms with Gasteiger partial charge in [0.15, 0.2) is 0 Å². The lowest BCUT2D eigenvalue weighted by Crippen LogP contribution is -2.24. The molecule has 0 aliphatic carbocycles. The zero-order chi connectivity index (χ0) is 22.9. The number of para-hydroxylation sites is 2. The topological polar surface area (TPSA) is 67.4 Å². The number of carbonyl (C=O) groups is 2. The van der Waals surface area contributed by atoms with Crippen LogP contribution in [0, 0.1) is 0 Å². The highest BCUT2D eigenvalue weighted by molar-refractivity contribution is 8.00. The van der Waals surface area contributed by atoms with Crippen molar-refractivity contribution in [3.63, 3.8) is 0 Å². The molecule has 0 fully saturated rings. The predicted molar refractivity (Wildman–Crippen MR) is 132 cm³/mol. The van der Waals surface area contributed by atoms with Gasteiger partial charge < -0.3 is 15.4 Å². The van der Waals surface area contributed by atoms with Crippen LogP contribution in [-0.2, 0) is 4.79 Å². The molecule has 0 spiro atoms. The van der Waals surface area contributed by atoms with Crippen molar-refractivity contribution in [2.75, 3.05) is 17.2 Å². The second-order valence-corrected chi connectivity index (χ2v) is 8.64. The van der Waals surface area contributed by atoms with Crippen molar-refractivity contribution in [1.82, 2.24) is 0 Å². The fourth-order valence-corrected chi connectivity index (χ4v) is 4.23. The van der Waals surface area contributed by atoms with Crippen molar-refractivity contribution < 1.29 is 14.3 Å². The minimum absolute atomic E-state index is 0.0991. The van der Waals surface area contributed by atoms with Crippen LogP contribution in [0.1, 0.15) is 30.6 Å². The third kappa shape index (κ3) is 6.52. The number of nitrogens with one attached hydrogen (secondary N) is 2. The summed E-state index contributed by atoms with van der Waals surface area (Å²) in [5.74, 6) is 0.305. The Kier molecular flexibility index (Phi) is 8.59. The predicted octanol–water partition coefficient (Wildman–Crippen LogP) is 6.50. The molecule has 0 radical (unpaired) electrons. The van der Waals surface area contributed by atoms with Crippen molar-refractivity contribution in [1.29, 1.82) is 0 Å². The van der Waals surface area contributed by atoms with Gasteiger partial charge >= 0.3 is 0 Å². The molecule has 7 heteroatoms. The van der Waals surface area contributed by atoms with E-state index >= 15 is 0 Å². The summed E-state index contributed by atoms with van der Waals surface area (Å²) >= 11 is 7.43. The van der Waals surface area contributed by atoms with Crippen LogP contribution in [-0.4, -0.2) is 23.7 Å². The Balaban J connectivity index is 1.68. The van der Waals surface area contributed by atoms with Crippen molar-refractivity contribution in [2.45, 2.75) is 30.4 Å². The van der Waals surface area contributed by atoms with E-state index in [-0.39, 0.29) is 17.1 Å². The summed E-state index contributed by atoms with van der Waals surface area (Å²) < 4.78 is 5.60. The lowest BCUT2D eigenvalue weighted by molar-refractivity contribution is -0.115. The molecule has 3 aromatic carbocycles. The number of hydrogen-bond donors (Lipinski definition) is 2. The quantitative estimate of drug-likeness (QED) is 0.352. The maximum atomic E-state index is 12.9. The fraction of sp³-hybridized carbons (Fsp3) is 0.200. The first-order valence-corrected chi connectivity index (χ1v) is 11.6. The Hall–Kier alpha value is -2.96. The molecule has 0 aliphatic heterocycles. The number of halogens is 1. The number of carbonyl (C=O) groups excluding carboxylic acids is 2. The van der Waals surface area contributed by atoms with E-state index in [9.17, 15) is 9.59 Å². The minimum Gasteiger partial charge on any atom is -0.492 e. The zero-order valence-corrected chi connectivity index (χ0v) is 19.5. The molecule has 1 atom stereocenters. The van der Waals surface area contributed by atoms with E-state index in [1.54, 1.807) is 24.3 Å². The molecule has 0 saturated carbocycles. The third-order valence-electron chi connectivity index (χ3n) is 4.57. The first-order chi connectivity index (χ1) is 15.5. The molecule has 3 aromatic rings. The molecule has 166 valence electrons. The number of hydrogen-bond acceptors (Lipinski definition) is 4. The van der Waals surface area contributed by atoms with E-state index in [1.807, 2.05) is 62.4 Å². The summed E-state index contributed by atoms with van der Waals surface area (Å²) in [6.45, 7) is 4.39. The molecule has 0 saturated heterocycles. The third-order valence-corrected chi connectivity index (χ3v) is 6.16. The first kappa shape index (κ1) is 23.7. The minimum atomic E-state index is -0.302. The average Bonchev–Trinajstić information content (AvgIpc) is 2.79. The Morgan fingerprint density at radius 1 is 0.969 bits per heavy atom. The number of ether oxygens (including phenoxy) is 1. The summed E-state index contributed by atoms with van der Waals surface area (Å²) in [7, 11) is 0. The van der Waals surface area contributed by atoms with Crippen LogP contribution in [0.15, 0.2) is 77.7 Å². The molecule has 0 aliphatic rings. The lowest BCUT2D eigenvalue weighted by Gasteiger charge is -2.17. The molecule has 2 N–H and O–H groups in total. The van der Waals surface area contributed by atoms with Gasteiger partial charge in [0.2, 0.25) is 5.91 Å². The monoisotopic (exact) mass is 468 g/mol. The summed E-state index contributed by atoms with van der Waals surface area (Å²) in [6, 6.07) is 21.6. The van der Waals surface area contributed by atoms with Gasteiger partial charge in [-0.3, -0.25) is 9.59 Å². The van der Waals surface area contributed by atoms with E-state index in [1.165, 1.54) is 11.8 Å². The van der Waals surface area contributed by atoms with Crippen molar-refractivity contribution in [3.05, 3.63) is 83.4 Å². The molecular formula is C25H25ClN2O3S. The molecule has 2 amide bonds. The molecule has 0 aromatic heterocycles. The van der Waals surface area contributed by atoms with Gasteiger partial charge in [0.05, 0.1) is 17.5 Å². The fourth-order valence-electron chi connectivity index (χ4n) is 3.03. The Morgan fingerprint density at radius 3 is 2.50 bits per heavy atom. The van der Waals surface area contributed by atoms with Gasteiger partial charge in [0.1, 0.15) is 5.75 Å². The zero-order valence-electron chi connectivity index (χ0n) is 17.9. The number of anilines is 2. The summed E-state index contributed by atoms with van der Waals surface area (Å²) in [6.07, 6.45) is 0.645. The van der Waals surface area contributed by atoms with E-state index < -0.39 is 0 Å². The van der Waals surface area contributed by atoms with E-state index in [0.29, 0.717) is 40.7 Å². The van der Waals surface area contributed by atoms with Gasteiger partial charge in [-0.1, -0.05) is 42.8 Å². The molecule has 0 heterocycles. The normalized spacial score (nSPS) is 11.5. The number of rotatable bonds is 9. The van der Waals surface area contributed by atoms with Crippen LogP contribution >= 0.6 is 23.4 Å². The van der Waals surface area contributed by atoms with E-state index in [2.05, 4.69) is 10.6 Å². The number of thioether (sulfide) groups is 1. The van der Waals surface area contributed by atoms with Crippen LogP contribution in [0.25, 0.3) is 0 Å². The maximum Gasteiger partial charge on any atom is 0.255 e. The van der Waals surface area contributed by atoms with Gasteiger partial charge in [-0.05, 0) is 61.9 Å². The Labute approximate surface area is 197 Å². The molecule has 0 bridgehead atoms. The average molecular weight is 469 g/mol. The standard InChI is InChI=1S/C25H25ClN2O3S/c1-3-23(25(30)28-21-13-5-6-14-22(21)31-4-2)32-20-12-8-11-19(16-20)27-24(29)17-9-7-10-18(26)15-17/h5-16,23H,3-4H2,1-2H3,(H,27,29)(H,28,30). The summed E-state index contributed by atoms with van der Waals surface area (Å²) in [4.78, 5) is 26.3. The van der Waals surface area contributed by atoms with Crippen molar-refractivity contribution in [2.24, 2.45) is 0 Å². The van der Waals surface area contributed by atoms with Crippen LogP contribution in [0.5, 0.6) is 5.75 Å². The van der Waals surface area contributed by atoms with E-state index in [4.69, 9.17) is 16.3 Å². The van der Waals surface area contributed by atoms with Crippen molar-refractivity contribution >= 4 is 46.6 Å². The first-order valence-electron chi connectivity index (χ1n) is 10.4. The number of amides is 2. The highest BCUT2D eigenvalue weighted by Gasteiger charge is 2.20. The Morgan fingerprint density at radius 2 is 1.75 bits per heavy atom. The summed E-state index contributed by atoms with van der Waals surface area (Å²) in [5.41, 5.74) is 1.78. The second kappa shape index (κ2) is 11.6. The van der Waals surface area contributed by atoms with Gasteiger partial charge in [-0.2, -0.15) is 0 Å². The molecular weight excluding hydrogens is 444 g/mol. The van der Waals surface area contributed by atoms with E-state index in [0.717, 1.165) is 4.90 Å². The molecule has 3 rings (SSSR count). The molecule has 5 nitrogen and oxygen atoms in total. The smallest absolute Gasteiger partial charge is 0.255 e. The SMILES string of the molecule is CCOc1ccccc1NC(=O)C(CC)Sc1cccc(NC(=O)c2cccc(Cl)c2)c1. The molecule has 32 heavy (non-hydrogen) atoms. The van der Waals surface area contributed by atoms with Gasteiger partial charge in [-0.15, -0.1) is 11.8 Å². The van der Waals surface area contributed by atoms with Crippen LogP contribution in [0.2, 0.25) is 5.02 Å². The largest absolute Gasteiger partial charge is 0.492 e. The van der Waals surface area contributed by atoms with Crippen molar-refractivity contribution in [3.8, 4) is 5.75 Å². The van der Waals surface area contributed by atoms with Crippen LogP contribution in [0.3, 0.4) is 0 Å². The maximum absolute atomic E-state index is 12.9. The second-order valence-electron chi connectivity index (χ2n) is 6.93. The highest BCUT2D eigenvalue weighted by atomic mass is 35.5. The Bertz CT molecular complexity index is 1090.